The average Bonchev–Trinajstić information content (AvgIpc) is 2.31. The lowest BCUT2D eigenvalue weighted by Crippen LogP contribution is -2.45. The van der Waals surface area contributed by atoms with Gasteiger partial charge in [-0.1, -0.05) is 35.7 Å². The van der Waals surface area contributed by atoms with Crippen molar-refractivity contribution in [3.63, 3.8) is 0 Å². The molecule has 18 heavy (non-hydrogen) atoms. The molecule has 0 bridgehead atoms. The first kappa shape index (κ1) is 16.3. The zero-order valence-electron chi connectivity index (χ0n) is 11.0. The molecule has 1 unspecified atom stereocenters. The second kappa shape index (κ2) is 6.60. The molecule has 0 heterocycles. The molecular weight excluding hydrogens is 309 g/mol. The molecule has 1 rings (SSSR count). The van der Waals surface area contributed by atoms with Gasteiger partial charge in [0.25, 0.3) is 0 Å². The van der Waals surface area contributed by atoms with E-state index in [0.717, 1.165) is 39.0 Å². The largest absolute Gasteiger partial charge is 0.414 e. The van der Waals surface area contributed by atoms with Crippen LogP contribution < -0.4 is 0 Å². The number of hydrogen-bond acceptors (Lipinski definition) is 1. The number of halogens is 4. The standard InChI is InChI=1S/C13H22BrF3O/c1-3-4-11-5-7-12(9-14,8-6-11)18-10(2)13(15,16)17/h10-11H,3-9H2,1-2H3. The first-order valence-corrected chi connectivity index (χ1v) is 7.75. The van der Waals surface area contributed by atoms with Crippen molar-refractivity contribution in [2.24, 2.45) is 5.92 Å². The molecule has 1 aliphatic rings. The number of hydrogen-bond donors (Lipinski definition) is 0. The van der Waals surface area contributed by atoms with E-state index in [2.05, 4.69) is 22.9 Å². The van der Waals surface area contributed by atoms with Crippen LogP contribution in [-0.4, -0.2) is 23.2 Å². The molecule has 0 aromatic carbocycles. The number of rotatable bonds is 5. The van der Waals surface area contributed by atoms with Gasteiger partial charge in [0.15, 0.2) is 6.10 Å². The molecule has 0 spiro atoms. The normalized spacial score (nSPS) is 31.3. The number of alkyl halides is 4. The van der Waals surface area contributed by atoms with Gasteiger partial charge in [0, 0.05) is 5.33 Å². The minimum absolute atomic E-state index is 0.485. The van der Waals surface area contributed by atoms with Crippen LogP contribution in [0.1, 0.15) is 52.4 Å². The van der Waals surface area contributed by atoms with Gasteiger partial charge in [0.1, 0.15) is 0 Å². The van der Waals surface area contributed by atoms with Crippen LogP contribution in [0, 0.1) is 5.92 Å². The maximum absolute atomic E-state index is 12.6. The van der Waals surface area contributed by atoms with Crippen molar-refractivity contribution in [1.29, 1.82) is 0 Å². The van der Waals surface area contributed by atoms with E-state index < -0.39 is 17.9 Å². The highest BCUT2D eigenvalue weighted by Crippen LogP contribution is 2.40. The van der Waals surface area contributed by atoms with Crippen molar-refractivity contribution in [1.82, 2.24) is 0 Å². The highest BCUT2D eigenvalue weighted by Gasteiger charge is 2.44. The summed E-state index contributed by atoms with van der Waals surface area (Å²) in [6, 6.07) is 0. The van der Waals surface area contributed by atoms with E-state index >= 15 is 0 Å². The lowest BCUT2D eigenvalue weighted by Gasteiger charge is -2.41. The first-order chi connectivity index (χ1) is 8.33. The van der Waals surface area contributed by atoms with Crippen molar-refractivity contribution < 1.29 is 17.9 Å². The smallest absolute Gasteiger partial charge is 0.362 e. The van der Waals surface area contributed by atoms with Gasteiger partial charge in [-0.3, -0.25) is 0 Å². The van der Waals surface area contributed by atoms with Gasteiger partial charge in [0.05, 0.1) is 5.60 Å². The van der Waals surface area contributed by atoms with Gasteiger partial charge in [-0.2, -0.15) is 13.2 Å². The van der Waals surface area contributed by atoms with Crippen LogP contribution >= 0.6 is 15.9 Å². The third-order valence-corrected chi connectivity index (χ3v) is 4.87. The molecule has 108 valence electrons. The molecule has 0 aliphatic heterocycles. The van der Waals surface area contributed by atoms with Gasteiger partial charge in [-0.25, -0.2) is 0 Å². The van der Waals surface area contributed by atoms with Gasteiger partial charge < -0.3 is 4.74 Å². The molecule has 0 N–H and O–H groups in total. The Morgan fingerprint density at radius 1 is 1.33 bits per heavy atom. The summed E-state index contributed by atoms with van der Waals surface area (Å²) in [5.74, 6) is 0.659. The van der Waals surface area contributed by atoms with Crippen molar-refractivity contribution in [3.05, 3.63) is 0 Å². The summed E-state index contributed by atoms with van der Waals surface area (Å²) < 4.78 is 43.0. The molecular formula is C13H22BrF3O. The molecule has 0 aromatic heterocycles. The zero-order chi connectivity index (χ0) is 13.8. The second-order valence-electron chi connectivity index (χ2n) is 5.35. The molecule has 1 nitrogen and oxygen atoms in total. The van der Waals surface area contributed by atoms with Crippen LogP contribution in [0.2, 0.25) is 0 Å². The van der Waals surface area contributed by atoms with Crippen LogP contribution in [0.25, 0.3) is 0 Å². The second-order valence-corrected chi connectivity index (χ2v) is 5.91. The van der Waals surface area contributed by atoms with Gasteiger partial charge >= 0.3 is 6.18 Å². The molecule has 0 radical (unpaired) electrons. The van der Waals surface area contributed by atoms with Crippen molar-refractivity contribution >= 4 is 15.9 Å². The molecule has 1 fully saturated rings. The van der Waals surface area contributed by atoms with E-state index in [4.69, 9.17) is 4.74 Å². The predicted octanol–water partition coefficient (Wildman–Crippen LogP) is 5.08. The summed E-state index contributed by atoms with van der Waals surface area (Å²) in [5, 5.41) is 0.485. The van der Waals surface area contributed by atoms with Gasteiger partial charge in [-0.05, 0) is 38.5 Å². The molecule has 0 aromatic rings. The fourth-order valence-electron chi connectivity index (χ4n) is 2.63. The maximum atomic E-state index is 12.6. The zero-order valence-corrected chi connectivity index (χ0v) is 12.6. The first-order valence-electron chi connectivity index (χ1n) is 6.63. The van der Waals surface area contributed by atoms with E-state index in [1.165, 1.54) is 6.42 Å². The van der Waals surface area contributed by atoms with E-state index in [-0.39, 0.29) is 0 Å². The third-order valence-electron chi connectivity index (χ3n) is 3.84. The summed E-state index contributed by atoms with van der Waals surface area (Å²) in [4.78, 5) is 0. The molecule has 1 aliphatic carbocycles. The average molecular weight is 331 g/mol. The Bertz CT molecular complexity index is 247. The lowest BCUT2D eigenvalue weighted by molar-refractivity contribution is -0.248. The highest BCUT2D eigenvalue weighted by atomic mass is 79.9. The van der Waals surface area contributed by atoms with Crippen molar-refractivity contribution in [2.75, 3.05) is 5.33 Å². The summed E-state index contributed by atoms with van der Waals surface area (Å²) in [6.45, 7) is 3.25. The quantitative estimate of drug-likeness (QED) is 0.639. The maximum Gasteiger partial charge on any atom is 0.414 e. The van der Waals surface area contributed by atoms with Crippen LogP contribution in [0.4, 0.5) is 13.2 Å². The van der Waals surface area contributed by atoms with E-state index in [9.17, 15) is 13.2 Å². The molecule has 1 saturated carbocycles. The molecule has 0 amide bonds. The monoisotopic (exact) mass is 330 g/mol. The van der Waals surface area contributed by atoms with Crippen LogP contribution in [-0.2, 0) is 4.74 Å². The van der Waals surface area contributed by atoms with Crippen molar-refractivity contribution in [3.8, 4) is 0 Å². The molecule has 5 heteroatoms. The summed E-state index contributed by atoms with van der Waals surface area (Å²) >= 11 is 3.33. The highest BCUT2D eigenvalue weighted by molar-refractivity contribution is 9.09. The van der Waals surface area contributed by atoms with Crippen molar-refractivity contribution in [2.45, 2.75) is 70.3 Å². The minimum atomic E-state index is -4.27. The minimum Gasteiger partial charge on any atom is -0.362 e. The van der Waals surface area contributed by atoms with E-state index in [1.807, 2.05) is 0 Å². The van der Waals surface area contributed by atoms with Gasteiger partial charge in [-0.15, -0.1) is 0 Å². The fraction of sp³-hybridized carbons (Fsp3) is 1.00. The van der Waals surface area contributed by atoms with Crippen LogP contribution in [0.3, 0.4) is 0 Å². The Hall–Kier alpha value is 0.230. The van der Waals surface area contributed by atoms with E-state index in [0.29, 0.717) is 11.2 Å². The molecule has 0 saturated heterocycles. The van der Waals surface area contributed by atoms with Gasteiger partial charge in [0.2, 0.25) is 0 Å². The summed E-state index contributed by atoms with van der Waals surface area (Å²) in [6.07, 6.45) is -0.229. The Kier molecular flexibility index (Phi) is 5.97. The van der Waals surface area contributed by atoms with Crippen LogP contribution in [0.15, 0.2) is 0 Å². The topological polar surface area (TPSA) is 9.23 Å². The predicted molar refractivity (Wildman–Crippen MR) is 70.0 cm³/mol. The molecule has 1 atom stereocenters. The SMILES string of the molecule is CCCC1CCC(CBr)(OC(C)C(F)(F)F)CC1. The Morgan fingerprint density at radius 2 is 1.89 bits per heavy atom. The summed E-state index contributed by atoms with van der Waals surface area (Å²) in [7, 11) is 0. The van der Waals surface area contributed by atoms with E-state index in [1.54, 1.807) is 0 Å². The fourth-order valence-corrected chi connectivity index (χ4v) is 3.32. The third kappa shape index (κ3) is 4.41. The Labute approximate surface area is 116 Å². The number of ether oxygens (including phenoxy) is 1. The van der Waals surface area contributed by atoms with Crippen LogP contribution in [0.5, 0.6) is 0 Å². The summed E-state index contributed by atoms with van der Waals surface area (Å²) in [5.41, 5.74) is -0.626. The Balaban J connectivity index is 2.55. The lowest BCUT2D eigenvalue weighted by atomic mass is 9.78. The Morgan fingerprint density at radius 3 is 2.28 bits per heavy atom.